The van der Waals surface area contributed by atoms with E-state index < -0.39 is 0 Å². The molecule has 0 saturated heterocycles. The molecule has 0 aliphatic rings. The maximum atomic E-state index is 6.16. The molecule has 0 aliphatic carbocycles. The Balaban J connectivity index is 2.06. The van der Waals surface area contributed by atoms with E-state index in [4.69, 9.17) is 10.3 Å². The van der Waals surface area contributed by atoms with Gasteiger partial charge in [0.05, 0.1) is 6.20 Å². The first kappa shape index (κ1) is 11.5. The number of rotatable bonds is 2. The second-order valence-corrected chi connectivity index (χ2v) is 4.46. The fraction of sp³-hybridized carbons (Fsp3) is 0.0625. The lowest BCUT2D eigenvalue weighted by molar-refractivity contribution is 0.398. The maximum Gasteiger partial charge on any atom is 0.141 e. The average molecular weight is 250 g/mol. The molecule has 0 radical (unpaired) electrons. The molecule has 0 fully saturated rings. The van der Waals surface area contributed by atoms with Crippen LogP contribution in [0.25, 0.3) is 22.3 Å². The number of aromatic nitrogens is 1. The summed E-state index contributed by atoms with van der Waals surface area (Å²) in [6, 6.07) is 16.1. The third-order valence-electron chi connectivity index (χ3n) is 3.20. The van der Waals surface area contributed by atoms with Gasteiger partial charge in [0.15, 0.2) is 0 Å². The van der Waals surface area contributed by atoms with Gasteiger partial charge in [-0.05, 0) is 24.1 Å². The molecule has 2 N–H and O–H groups in total. The summed E-state index contributed by atoms with van der Waals surface area (Å²) in [5.41, 5.74) is 11.1. The van der Waals surface area contributed by atoms with Gasteiger partial charge >= 0.3 is 0 Å². The van der Waals surface area contributed by atoms with Gasteiger partial charge in [0.1, 0.15) is 5.76 Å². The summed E-state index contributed by atoms with van der Waals surface area (Å²) in [5, 5.41) is 3.79. The van der Waals surface area contributed by atoms with E-state index in [9.17, 15) is 0 Å². The highest BCUT2D eigenvalue weighted by Crippen LogP contribution is 2.31. The third-order valence-corrected chi connectivity index (χ3v) is 3.20. The van der Waals surface area contributed by atoms with Gasteiger partial charge in [0, 0.05) is 16.8 Å². The van der Waals surface area contributed by atoms with Crippen molar-refractivity contribution in [3.63, 3.8) is 0 Å². The normalized spacial score (nSPS) is 10.6. The minimum atomic E-state index is 0.754. The molecular weight excluding hydrogens is 236 g/mol. The predicted octanol–water partition coefficient (Wildman–Crippen LogP) is 3.90. The predicted molar refractivity (Wildman–Crippen MR) is 76.5 cm³/mol. The van der Waals surface area contributed by atoms with Crippen molar-refractivity contribution in [2.24, 2.45) is 0 Å². The molecule has 3 heteroatoms. The van der Waals surface area contributed by atoms with E-state index in [-0.39, 0.29) is 0 Å². The summed E-state index contributed by atoms with van der Waals surface area (Å²) in [4.78, 5) is 0. The Bertz CT molecular complexity index is 702. The van der Waals surface area contributed by atoms with Gasteiger partial charge in [-0.1, -0.05) is 47.6 Å². The van der Waals surface area contributed by atoms with E-state index in [1.165, 1.54) is 0 Å². The Kier molecular flexibility index (Phi) is 2.80. The summed E-state index contributed by atoms with van der Waals surface area (Å²) >= 11 is 0. The monoisotopic (exact) mass is 250 g/mol. The van der Waals surface area contributed by atoms with Crippen molar-refractivity contribution in [3.8, 4) is 22.3 Å². The van der Waals surface area contributed by atoms with Crippen LogP contribution >= 0.6 is 0 Å². The van der Waals surface area contributed by atoms with Crippen molar-refractivity contribution in [1.29, 1.82) is 0 Å². The van der Waals surface area contributed by atoms with Crippen LogP contribution in [0.15, 0.2) is 59.3 Å². The van der Waals surface area contributed by atoms with Gasteiger partial charge in [0.2, 0.25) is 0 Å². The van der Waals surface area contributed by atoms with Crippen molar-refractivity contribution >= 4 is 5.69 Å². The number of aryl methyl sites for hydroxylation is 1. The van der Waals surface area contributed by atoms with Crippen LogP contribution in [-0.4, -0.2) is 5.16 Å². The van der Waals surface area contributed by atoms with Crippen LogP contribution in [0.2, 0.25) is 0 Å². The van der Waals surface area contributed by atoms with Crippen molar-refractivity contribution in [3.05, 3.63) is 60.5 Å². The van der Waals surface area contributed by atoms with Crippen molar-refractivity contribution in [2.75, 3.05) is 5.73 Å². The molecule has 1 heterocycles. The molecule has 2 aromatic carbocycles. The number of hydrogen-bond acceptors (Lipinski definition) is 3. The molecule has 0 amide bonds. The highest BCUT2D eigenvalue weighted by molar-refractivity contribution is 5.81. The molecule has 19 heavy (non-hydrogen) atoms. The summed E-state index contributed by atoms with van der Waals surface area (Å²) in [5.74, 6) is 0.798. The highest BCUT2D eigenvalue weighted by atomic mass is 16.5. The first-order valence-electron chi connectivity index (χ1n) is 6.12. The molecule has 0 aliphatic heterocycles. The number of nitrogens with two attached hydrogens (primary N) is 1. The first-order valence-corrected chi connectivity index (χ1v) is 6.12. The van der Waals surface area contributed by atoms with Crippen LogP contribution in [0.3, 0.4) is 0 Å². The van der Waals surface area contributed by atoms with Gasteiger partial charge < -0.3 is 10.3 Å². The maximum absolute atomic E-state index is 6.16. The van der Waals surface area contributed by atoms with Gasteiger partial charge in [-0.3, -0.25) is 0 Å². The van der Waals surface area contributed by atoms with E-state index >= 15 is 0 Å². The lowest BCUT2D eigenvalue weighted by atomic mass is 9.99. The Hall–Kier alpha value is -2.55. The van der Waals surface area contributed by atoms with Crippen LogP contribution in [-0.2, 0) is 0 Å². The Labute approximate surface area is 111 Å². The molecule has 0 unspecified atom stereocenters. The molecule has 0 saturated carbocycles. The highest BCUT2D eigenvalue weighted by Gasteiger charge is 2.09. The molecule has 0 atom stereocenters. The zero-order valence-electron chi connectivity index (χ0n) is 10.6. The molecule has 0 spiro atoms. The van der Waals surface area contributed by atoms with Crippen molar-refractivity contribution in [1.82, 2.24) is 5.16 Å². The standard InChI is InChI=1S/C16H14N2O/c1-11-15(10-18-19-11)13-7-8-14(16(17)9-13)12-5-3-2-4-6-12/h2-10H,17H2,1H3. The smallest absolute Gasteiger partial charge is 0.141 e. The SMILES string of the molecule is Cc1oncc1-c1ccc(-c2ccccc2)c(N)c1. The molecule has 1 aromatic heterocycles. The van der Waals surface area contributed by atoms with Crippen LogP contribution < -0.4 is 5.73 Å². The van der Waals surface area contributed by atoms with Crippen LogP contribution in [0.4, 0.5) is 5.69 Å². The number of nitrogen functional groups attached to an aromatic ring is 1. The van der Waals surface area contributed by atoms with E-state index in [0.29, 0.717) is 0 Å². The first-order chi connectivity index (χ1) is 9.25. The second-order valence-electron chi connectivity index (χ2n) is 4.46. The van der Waals surface area contributed by atoms with Crippen LogP contribution in [0.1, 0.15) is 5.76 Å². The van der Waals surface area contributed by atoms with Crippen LogP contribution in [0, 0.1) is 6.92 Å². The Morgan fingerprint density at radius 2 is 1.74 bits per heavy atom. The molecule has 3 aromatic rings. The topological polar surface area (TPSA) is 52.0 Å². The van der Waals surface area contributed by atoms with Gasteiger partial charge in [-0.2, -0.15) is 0 Å². The summed E-state index contributed by atoms with van der Waals surface area (Å²) in [7, 11) is 0. The summed E-state index contributed by atoms with van der Waals surface area (Å²) < 4.78 is 5.08. The molecule has 3 rings (SSSR count). The zero-order chi connectivity index (χ0) is 13.2. The molecule has 3 nitrogen and oxygen atoms in total. The third kappa shape index (κ3) is 2.10. The van der Waals surface area contributed by atoms with Crippen molar-refractivity contribution < 1.29 is 4.52 Å². The van der Waals surface area contributed by atoms with E-state index in [1.807, 2.05) is 43.3 Å². The fourth-order valence-electron chi connectivity index (χ4n) is 2.19. The Morgan fingerprint density at radius 1 is 0.947 bits per heavy atom. The fourth-order valence-corrected chi connectivity index (χ4v) is 2.19. The van der Waals surface area contributed by atoms with Gasteiger partial charge in [0.25, 0.3) is 0 Å². The van der Waals surface area contributed by atoms with Gasteiger partial charge in [-0.25, -0.2) is 0 Å². The largest absolute Gasteiger partial charge is 0.398 e. The Morgan fingerprint density at radius 3 is 2.37 bits per heavy atom. The van der Waals surface area contributed by atoms with E-state index in [2.05, 4.69) is 17.3 Å². The summed E-state index contributed by atoms with van der Waals surface area (Å²) in [6.45, 7) is 1.89. The molecular formula is C16H14N2O. The quantitative estimate of drug-likeness (QED) is 0.702. The average Bonchev–Trinajstić information content (AvgIpc) is 2.86. The van der Waals surface area contributed by atoms with E-state index in [0.717, 1.165) is 33.7 Å². The number of benzene rings is 2. The van der Waals surface area contributed by atoms with Gasteiger partial charge in [-0.15, -0.1) is 0 Å². The number of anilines is 1. The summed E-state index contributed by atoms with van der Waals surface area (Å²) in [6.07, 6.45) is 1.71. The molecule has 94 valence electrons. The number of hydrogen-bond donors (Lipinski definition) is 1. The van der Waals surface area contributed by atoms with E-state index in [1.54, 1.807) is 6.20 Å². The number of nitrogens with zero attached hydrogens (tertiary/aromatic N) is 1. The second kappa shape index (κ2) is 4.61. The molecule has 0 bridgehead atoms. The van der Waals surface area contributed by atoms with Crippen molar-refractivity contribution in [2.45, 2.75) is 6.92 Å². The minimum Gasteiger partial charge on any atom is -0.398 e. The van der Waals surface area contributed by atoms with Crippen LogP contribution in [0.5, 0.6) is 0 Å². The zero-order valence-corrected chi connectivity index (χ0v) is 10.6. The minimum absolute atomic E-state index is 0.754. The lowest BCUT2D eigenvalue weighted by Crippen LogP contribution is -1.91. The lowest BCUT2D eigenvalue weighted by Gasteiger charge is -2.08.